The molecule has 0 spiro atoms. The number of nitrogens with one attached hydrogen (secondary N) is 1. The average molecular weight is 133 g/mol. The van der Waals surface area contributed by atoms with E-state index in [2.05, 4.69) is 5.32 Å². The Morgan fingerprint density at radius 2 is 2.44 bits per heavy atom. The maximum atomic E-state index is 12.7. The SMILES string of the molecule is COC1CCNCC1F. The van der Waals surface area contributed by atoms with E-state index in [9.17, 15) is 4.39 Å². The van der Waals surface area contributed by atoms with E-state index in [1.165, 1.54) is 0 Å². The van der Waals surface area contributed by atoms with Crippen molar-refractivity contribution in [2.75, 3.05) is 20.2 Å². The highest BCUT2D eigenvalue weighted by Crippen LogP contribution is 2.09. The molecule has 2 unspecified atom stereocenters. The Balaban J connectivity index is 2.30. The molecule has 3 heteroatoms. The first-order valence-corrected chi connectivity index (χ1v) is 3.22. The Morgan fingerprint density at radius 3 is 2.89 bits per heavy atom. The summed E-state index contributed by atoms with van der Waals surface area (Å²) in [5, 5.41) is 2.94. The monoisotopic (exact) mass is 133 g/mol. The summed E-state index contributed by atoms with van der Waals surface area (Å²) in [6, 6.07) is 0. The van der Waals surface area contributed by atoms with Crippen LogP contribution < -0.4 is 5.32 Å². The Hall–Kier alpha value is -0.150. The summed E-state index contributed by atoms with van der Waals surface area (Å²) in [6.07, 6.45) is -0.201. The molecule has 9 heavy (non-hydrogen) atoms. The van der Waals surface area contributed by atoms with Gasteiger partial charge >= 0.3 is 0 Å². The summed E-state index contributed by atoms with van der Waals surface area (Å²) in [5.74, 6) is 0. The van der Waals surface area contributed by atoms with Crippen molar-refractivity contribution >= 4 is 0 Å². The van der Waals surface area contributed by atoms with Gasteiger partial charge in [-0.25, -0.2) is 4.39 Å². The third-order valence-corrected chi connectivity index (χ3v) is 1.65. The first kappa shape index (κ1) is 6.96. The average Bonchev–Trinajstić information content (AvgIpc) is 1.89. The largest absolute Gasteiger partial charge is 0.378 e. The van der Waals surface area contributed by atoms with Crippen LogP contribution in [0.25, 0.3) is 0 Å². The van der Waals surface area contributed by atoms with Crippen LogP contribution in [-0.2, 0) is 4.74 Å². The van der Waals surface area contributed by atoms with Crippen LogP contribution in [-0.4, -0.2) is 32.5 Å². The van der Waals surface area contributed by atoms with Gasteiger partial charge in [-0.15, -0.1) is 0 Å². The van der Waals surface area contributed by atoms with Crippen LogP contribution in [0.2, 0.25) is 0 Å². The summed E-state index contributed by atoms with van der Waals surface area (Å²) >= 11 is 0. The number of alkyl halides is 1. The van der Waals surface area contributed by atoms with Crippen LogP contribution in [0.15, 0.2) is 0 Å². The molecule has 0 aromatic carbocycles. The lowest BCUT2D eigenvalue weighted by Gasteiger charge is -2.24. The summed E-state index contributed by atoms with van der Waals surface area (Å²) < 4.78 is 17.5. The molecule has 1 aliphatic heterocycles. The quantitative estimate of drug-likeness (QED) is 0.556. The van der Waals surface area contributed by atoms with Crippen molar-refractivity contribution in [3.05, 3.63) is 0 Å². The predicted molar refractivity (Wildman–Crippen MR) is 33.2 cm³/mol. The summed E-state index contributed by atoms with van der Waals surface area (Å²) in [6.45, 7) is 1.32. The molecule has 54 valence electrons. The molecule has 1 heterocycles. The van der Waals surface area contributed by atoms with E-state index < -0.39 is 6.17 Å². The fourth-order valence-electron chi connectivity index (χ4n) is 1.06. The van der Waals surface area contributed by atoms with Crippen molar-refractivity contribution in [3.8, 4) is 0 Å². The number of ether oxygens (including phenoxy) is 1. The molecular weight excluding hydrogens is 121 g/mol. The second-order valence-electron chi connectivity index (χ2n) is 2.28. The molecule has 0 aromatic heterocycles. The van der Waals surface area contributed by atoms with Crippen molar-refractivity contribution < 1.29 is 9.13 Å². The van der Waals surface area contributed by atoms with Gasteiger partial charge in [-0.3, -0.25) is 0 Å². The molecular formula is C6H12FNO. The lowest BCUT2D eigenvalue weighted by Crippen LogP contribution is -2.42. The fourth-order valence-corrected chi connectivity index (χ4v) is 1.06. The van der Waals surface area contributed by atoms with Crippen LogP contribution in [0, 0.1) is 0 Å². The van der Waals surface area contributed by atoms with Gasteiger partial charge in [0.1, 0.15) is 6.17 Å². The molecule has 2 nitrogen and oxygen atoms in total. The lowest BCUT2D eigenvalue weighted by molar-refractivity contribution is 0.0132. The fraction of sp³-hybridized carbons (Fsp3) is 1.00. The van der Waals surface area contributed by atoms with Crippen molar-refractivity contribution in [3.63, 3.8) is 0 Å². The minimum absolute atomic E-state index is 0.175. The Labute approximate surface area is 54.4 Å². The number of hydrogen-bond donors (Lipinski definition) is 1. The van der Waals surface area contributed by atoms with Crippen LogP contribution in [0.5, 0.6) is 0 Å². The van der Waals surface area contributed by atoms with Crippen LogP contribution in [0.3, 0.4) is 0 Å². The highest BCUT2D eigenvalue weighted by atomic mass is 19.1. The van der Waals surface area contributed by atoms with Gasteiger partial charge in [-0.1, -0.05) is 0 Å². The molecule has 0 radical (unpaired) electrons. The van der Waals surface area contributed by atoms with Gasteiger partial charge in [0.2, 0.25) is 0 Å². The number of methoxy groups -OCH3 is 1. The lowest BCUT2D eigenvalue weighted by atomic mass is 10.1. The molecule has 0 saturated carbocycles. The highest BCUT2D eigenvalue weighted by Gasteiger charge is 2.23. The van der Waals surface area contributed by atoms with E-state index >= 15 is 0 Å². The molecule has 1 saturated heterocycles. The minimum atomic E-state index is -0.816. The highest BCUT2D eigenvalue weighted by molar-refractivity contribution is 4.77. The van der Waals surface area contributed by atoms with Crippen molar-refractivity contribution in [1.82, 2.24) is 5.32 Å². The predicted octanol–water partition coefficient (Wildman–Crippen LogP) is 0.333. The molecule has 1 fully saturated rings. The molecule has 0 aromatic rings. The molecule has 0 bridgehead atoms. The van der Waals surface area contributed by atoms with Crippen molar-refractivity contribution in [1.29, 1.82) is 0 Å². The van der Waals surface area contributed by atoms with Gasteiger partial charge in [0, 0.05) is 13.7 Å². The number of halogens is 1. The first-order valence-electron chi connectivity index (χ1n) is 3.22. The zero-order valence-corrected chi connectivity index (χ0v) is 5.56. The number of hydrogen-bond acceptors (Lipinski definition) is 2. The van der Waals surface area contributed by atoms with Gasteiger partial charge in [-0.05, 0) is 13.0 Å². The zero-order valence-electron chi connectivity index (χ0n) is 5.56. The van der Waals surface area contributed by atoms with E-state index in [1.54, 1.807) is 7.11 Å². The van der Waals surface area contributed by atoms with E-state index in [4.69, 9.17) is 4.74 Å². The number of rotatable bonds is 1. The summed E-state index contributed by atoms with van der Waals surface area (Å²) in [7, 11) is 1.56. The smallest absolute Gasteiger partial charge is 0.139 e. The molecule has 1 aliphatic rings. The Kier molecular flexibility index (Phi) is 2.42. The van der Waals surface area contributed by atoms with Gasteiger partial charge in [0.15, 0.2) is 0 Å². The van der Waals surface area contributed by atoms with Gasteiger partial charge in [0.05, 0.1) is 6.10 Å². The molecule has 2 atom stereocenters. The molecule has 1 N–H and O–H groups in total. The standard InChI is InChI=1S/C6H12FNO/c1-9-6-2-3-8-4-5(6)7/h5-6,8H,2-4H2,1H3. The van der Waals surface area contributed by atoms with Crippen LogP contribution in [0.1, 0.15) is 6.42 Å². The summed E-state index contributed by atoms with van der Waals surface area (Å²) in [4.78, 5) is 0. The van der Waals surface area contributed by atoms with Crippen LogP contribution >= 0.6 is 0 Å². The van der Waals surface area contributed by atoms with Gasteiger partial charge < -0.3 is 10.1 Å². The van der Waals surface area contributed by atoms with Crippen LogP contribution in [0.4, 0.5) is 4.39 Å². The van der Waals surface area contributed by atoms with E-state index in [-0.39, 0.29) is 6.10 Å². The topological polar surface area (TPSA) is 21.3 Å². The zero-order chi connectivity index (χ0) is 6.69. The summed E-state index contributed by atoms with van der Waals surface area (Å²) in [5.41, 5.74) is 0. The normalized spacial score (nSPS) is 36.7. The maximum absolute atomic E-state index is 12.7. The van der Waals surface area contributed by atoms with Crippen molar-refractivity contribution in [2.45, 2.75) is 18.7 Å². The van der Waals surface area contributed by atoms with E-state index in [0.717, 1.165) is 13.0 Å². The second-order valence-corrected chi connectivity index (χ2v) is 2.28. The van der Waals surface area contributed by atoms with Gasteiger partial charge in [0.25, 0.3) is 0 Å². The number of piperidine rings is 1. The third kappa shape index (κ3) is 1.63. The van der Waals surface area contributed by atoms with E-state index in [0.29, 0.717) is 6.54 Å². The Bertz CT molecular complexity index is 89.1. The molecule has 1 rings (SSSR count). The molecule has 0 amide bonds. The minimum Gasteiger partial charge on any atom is -0.378 e. The second kappa shape index (κ2) is 3.13. The third-order valence-electron chi connectivity index (χ3n) is 1.65. The van der Waals surface area contributed by atoms with Crippen molar-refractivity contribution in [2.24, 2.45) is 0 Å². The first-order chi connectivity index (χ1) is 4.34. The van der Waals surface area contributed by atoms with E-state index in [1.807, 2.05) is 0 Å². The van der Waals surface area contributed by atoms with Gasteiger partial charge in [-0.2, -0.15) is 0 Å². The Morgan fingerprint density at radius 1 is 1.67 bits per heavy atom. The molecule has 0 aliphatic carbocycles. The maximum Gasteiger partial charge on any atom is 0.139 e.